The van der Waals surface area contributed by atoms with Crippen LogP contribution in [0, 0.1) is 0 Å². The predicted octanol–water partition coefficient (Wildman–Crippen LogP) is 3.82. The van der Waals surface area contributed by atoms with Gasteiger partial charge in [0.1, 0.15) is 5.75 Å². The van der Waals surface area contributed by atoms with Gasteiger partial charge in [0.2, 0.25) is 5.91 Å². The van der Waals surface area contributed by atoms with Crippen molar-refractivity contribution in [3.63, 3.8) is 0 Å². The van der Waals surface area contributed by atoms with E-state index in [1.807, 2.05) is 62.6 Å². The number of nitrogens with zero attached hydrogens (tertiary/aromatic N) is 1. The van der Waals surface area contributed by atoms with E-state index in [9.17, 15) is 4.79 Å². The summed E-state index contributed by atoms with van der Waals surface area (Å²) in [4.78, 5) is 15.6. The number of hydrogen-bond acceptors (Lipinski definition) is 4. The fourth-order valence-electron chi connectivity index (χ4n) is 3.97. The Morgan fingerprint density at radius 1 is 1.17 bits per heavy atom. The first-order valence-corrected chi connectivity index (χ1v) is 10.3. The zero-order chi connectivity index (χ0) is 20.9. The van der Waals surface area contributed by atoms with Gasteiger partial charge in [0, 0.05) is 24.8 Å². The Morgan fingerprint density at radius 2 is 1.83 bits per heavy atom. The molecule has 1 aliphatic heterocycles. The number of methoxy groups -OCH3 is 1. The fraction of sp³-hybridized carbons (Fsp3) is 0.435. The van der Waals surface area contributed by atoms with Crippen molar-refractivity contribution in [3.05, 3.63) is 64.7 Å². The second-order valence-corrected chi connectivity index (χ2v) is 8.04. The van der Waals surface area contributed by atoms with Crippen LogP contribution in [0.1, 0.15) is 30.0 Å². The second kappa shape index (κ2) is 9.61. The van der Waals surface area contributed by atoms with E-state index in [0.29, 0.717) is 37.6 Å². The second-order valence-electron chi connectivity index (χ2n) is 7.64. The summed E-state index contributed by atoms with van der Waals surface area (Å²) in [6.07, 6.45) is 1.25. The van der Waals surface area contributed by atoms with Crippen molar-refractivity contribution in [1.82, 2.24) is 10.2 Å². The van der Waals surface area contributed by atoms with Crippen LogP contribution in [0.2, 0.25) is 5.02 Å². The number of nitrogens with one attached hydrogen (secondary N) is 1. The van der Waals surface area contributed by atoms with Crippen molar-refractivity contribution in [3.8, 4) is 5.75 Å². The molecule has 1 N–H and O–H groups in total. The molecular weight excluding hydrogens is 388 g/mol. The van der Waals surface area contributed by atoms with Crippen LogP contribution in [0.15, 0.2) is 48.5 Å². The molecule has 29 heavy (non-hydrogen) atoms. The van der Waals surface area contributed by atoms with Gasteiger partial charge in [-0.15, -0.1) is 0 Å². The molecule has 0 aromatic heterocycles. The lowest BCUT2D eigenvalue weighted by atomic mass is 9.73. The quantitative estimate of drug-likeness (QED) is 0.745. The van der Waals surface area contributed by atoms with Crippen LogP contribution in [-0.4, -0.2) is 51.8 Å². The minimum Gasteiger partial charge on any atom is -0.497 e. The van der Waals surface area contributed by atoms with Gasteiger partial charge < -0.3 is 19.7 Å². The van der Waals surface area contributed by atoms with Gasteiger partial charge in [0.15, 0.2) is 0 Å². The molecular formula is C23H29ClN2O3. The molecule has 156 valence electrons. The summed E-state index contributed by atoms with van der Waals surface area (Å²) in [5.41, 5.74) is 1.34. The highest BCUT2D eigenvalue weighted by molar-refractivity contribution is 6.31. The van der Waals surface area contributed by atoms with E-state index >= 15 is 0 Å². The Bertz CT molecular complexity index is 817. The van der Waals surface area contributed by atoms with Gasteiger partial charge in [0.05, 0.1) is 18.6 Å². The first kappa shape index (κ1) is 21.6. The number of carbonyl (C=O) groups is 1. The number of likely N-dealkylation sites (N-methyl/N-ethyl adjacent to an activating group) is 1. The van der Waals surface area contributed by atoms with Crippen molar-refractivity contribution in [2.75, 3.05) is 41.0 Å². The molecule has 5 nitrogen and oxygen atoms in total. The summed E-state index contributed by atoms with van der Waals surface area (Å²) in [6.45, 7) is 1.60. The maximum absolute atomic E-state index is 13.5. The predicted molar refractivity (Wildman–Crippen MR) is 116 cm³/mol. The first-order chi connectivity index (χ1) is 14.0. The van der Waals surface area contributed by atoms with Gasteiger partial charge in [-0.05, 0) is 56.3 Å². The zero-order valence-corrected chi connectivity index (χ0v) is 18.0. The largest absolute Gasteiger partial charge is 0.497 e. The van der Waals surface area contributed by atoms with Crippen LogP contribution in [-0.2, 0) is 14.9 Å². The van der Waals surface area contributed by atoms with Crippen LogP contribution >= 0.6 is 11.6 Å². The summed E-state index contributed by atoms with van der Waals surface area (Å²) in [5.74, 6) is 0.824. The molecule has 1 fully saturated rings. The lowest BCUT2D eigenvalue weighted by molar-refractivity contribution is -0.130. The molecule has 0 saturated carbocycles. The van der Waals surface area contributed by atoms with Gasteiger partial charge in [-0.3, -0.25) is 4.79 Å². The van der Waals surface area contributed by atoms with E-state index in [-0.39, 0.29) is 11.9 Å². The lowest BCUT2D eigenvalue weighted by Crippen LogP contribution is -2.49. The molecule has 3 rings (SSSR count). The van der Waals surface area contributed by atoms with Gasteiger partial charge in [-0.25, -0.2) is 0 Å². The normalized spacial score (nSPS) is 17.0. The van der Waals surface area contributed by atoms with Crippen molar-refractivity contribution in [1.29, 1.82) is 0 Å². The molecule has 1 amide bonds. The highest BCUT2D eigenvalue weighted by Crippen LogP contribution is 2.39. The lowest BCUT2D eigenvalue weighted by Gasteiger charge is -2.37. The van der Waals surface area contributed by atoms with Crippen LogP contribution in [0.3, 0.4) is 0 Å². The summed E-state index contributed by atoms with van der Waals surface area (Å²) in [6, 6.07) is 15.6. The fourth-order valence-corrected chi connectivity index (χ4v) is 4.29. The Hall–Kier alpha value is -2.08. The number of halogens is 1. The minimum atomic E-state index is -0.659. The number of carbonyl (C=O) groups excluding carboxylic acids is 1. The van der Waals surface area contributed by atoms with Crippen LogP contribution < -0.4 is 10.1 Å². The molecule has 0 aliphatic carbocycles. The number of benzene rings is 2. The molecule has 1 unspecified atom stereocenters. The van der Waals surface area contributed by atoms with Gasteiger partial charge in [0.25, 0.3) is 0 Å². The molecule has 6 heteroatoms. The standard InChI is InChI=1S/C23H29ClN2O3/c1-26(2)21(17-8-10-18(28-3)11-9-17)16-25-22(27)23(12-14-29-15-13-23)19-6-4-5-7-20(19)24/h4-11,21H,12-16H2,1-3H3,(H,25,27). The van der Waals surface area contributed by atoms with Crippen LogP contribution in [0.25, 0.3) is 0 Å². The molecule has 1 aliphatic rings. The number of ether oxygens (including phenoxy) is 2. The molecule has 0 radical (unpaired) electrons. The van der Waals surface area contributed by atoms with Crippen LogP contribution in [0.4, 0.5) is 0 Å². The number of amides is 1. The van der Waals surface area contributed by atoms with Crippen LogP contribution in [0.5, 0.6) is 5.75 Å². The smallest absolute Gasteiger partial charge is 0.230 e. The molecule has 0 spiro atoms. The Kier molecular flexibility index (Phi) is 7.17. The Morgan fingerprint density at radius 3 is 2.41 bits per heavy atom. The topological polar surface area (TPSA) is 50.8 Å². The summed E-state index contributed by atoms with van der Waals surface area (Å²) >= 11 is 6.49. The Balaban J connectivity index is 1.80. The first-order valence-electron chi connectivity index (χ1n) is 9.89. The highest BCUT2D eigenvalue weighted by Gasteiger charge is 2.43. The molecule has 2 aromatic carbocycles. The SMILES string of the molecule is COc1ccc(C(CNC(=O)C2(c3ccccc3Cl)CCOCC2)N(C)C)cc1. The van der Waals surface area contributed by atoms with E-state index in [0.717, 1.165) is 16.9 Å². The maximum Gasteiger partial charge on any atom is 0.230 e. The summed E-state index contributed by atoms with van der Waals surface area (Å²) in [5, 5.41) is 3.83. The van der Waals surface area contributed by atoms with Gasteiger partial charge in [-0.1, -0.05) is 41.9 Å². The third-order valence-corrected chi connectivity index (χ3v) is 6.08. The van der Waals surface area contributed by atoms with Crippen molar-refractivity contribution < 1.29 is 14.3 Å². The average molecular weight is 417 g/mol. The van der Waals surface area contributed by atoms with E-state index in [1.54, 1.807) is 7.11 Å². The van der Waals surface area contributed by atoms with Crippen molar-refractivity contribution >= 4 is 17.5 Å². The molecule has 2 aromatic rings. The highest BCUT2D eigenvalue weighted by atomic mass is 35.5. The van der Waals surface area contributed by atoms with E-state index in [4.69, 9.17) is 21.1 Å². The zero-order valence-electron chi connectivity index (χ0n) is 17.3. The van der Waals surface area contributed by atoms with E-state index in [2.05, 4.69) is 10.2 Å². The monoisotopic (exact) mass is 416 g/mol. The van der Waals surface area contributed by atoms with Gasteiger partial charge in [-0.2, -0.15) is 0 Å². The minimum absolute atomic E-state index is 0.00858. The number of hydrogen-bond donors (Lipinski definition) is 1. The van der Waals surface area contributed by atoms with Gasteiger partial charge >= 0.3 is 0 Å². The number of rotatable bonds is 7. The summed E-state index contributed by atoms with van der Waals surface area (Å²) in [7, 11) is 5.68. The maximum atomic E-state index is 13.5. The van der Waals surface area contributed by atoms with E-state index < -0.39 is 5.41 Å². The Labute approximate surface area is 177 Å². The molecule has 0 bridgehead atoms. The average Bonchev–Trinajstić information content (AvgIpc) is 2.74. The van der Waals surface area contributed by atoms with Crippen molar-refractivity contribution in [2.45, 2.75) is 24.3 Å². The van der Waals surface area contributed by atoms with Crippen molar-refractivity contribution in [2.24, 2.45) is 0 Å². The molecule has 1 heterocycles. The van der Waals surface area contributed by atoms with E-state index in [1.165, 1.54) is 0 Å². The molecule has 1 atom stereocenters. The third-order valence-electron chi connectivity index (χ3n) is 5.75. The summed E-state index contributed by atoms with van der Waals surface area (Å²) < 4.78 is 10.8. The molecule has 1 saturated heterocycles. The third kappa shape index (κ3) is 4.74.